The topological polar surface area (TPSA) is 121 Å². The number of alkyl halides is 3. The van der Waals surface area contributed by atoms with Crippen molar-refractivity contribution in [1.29, 1.82) is 0 Å². The summed E-state index contributed by atoms with van der Waals surface area (Å²) in [5.74, 6) is -0.698. The maximum Gasteiger partial charge on any atom is 0.419 e. The van der Waals surface area contributed by atoms with E-state index in [9.17, 15) is 26.4 Å². The second kappa shape index (κ2) is 5.66. The largest absolute Gasteiger partial charge is 0.419 e. The Hall–Kier alpha value is -2.40. The quantitative estimate of drug-likeness (QED) is 0.839. The molecule has 0 fully saturated rings. The Labute approximate surface area is 128 Å². The maximum absolute atomic E-state index is 12.6. The number of sulfonamides is 1. The number of nitrogens with two attached hydrogens (primary N) is 2. The van der Waals surface area contributed by atoms with Gasteiger partial charge in [0.2, 0.25) is 15.9 Å². The van der Waals surface area contributed by atoms with Crippen molar-refractivity contribution in [3.05, 3.63) is 41.7 Å². The molecule has 0 atom stereocenters. The smallest absolute Gasteiger partial charge is 0.369 e. The van der Waals surface area contributed by atoms with Crippen molar-refractivity contribution in [2.75, 3.05) is 0 Å². The third-order valence-electron chi connectivity index (χ3n) is 2.87. The van der Waals surface area contributed by atoms with E-state index in [0.717, 1.165) is 10.7 Å². The van der Waals surface area contributed by atoms with E-state index in [1.807, 2.05) is 0 Å². The van der Waals surface area contributed by atoms with Crippen LogP contribution in [0, 0.1) is 0 Å². The number of carbonyl (C=O) groups excluding carboxylic acids is 1. The number of benzene rings is 1. The van der Waals surface area contributed by atoms with Crippen LogP contribution in [0.25, 0.3) is 5.69 Å². The van der Waals surface area contributed by atoms with Gasteiger partial charge in [-0.2, -0.15) is 18.3 Å². The Morgan fingerprint density at radius 3 is 2.43 bits per heavy atom. The molecule has 0 aliphatic heterocycles. The molecule has 2 aromatic rings. The van der Waals surface area contributed by atoms with Gasteiger partial charge in [-0.05, 0) is 17.7 Å². The van der Waals surface area contributed by atoms with Crippen molar-refractivity contribution >= 4 is 15.9 Å². The van der Waals surface area contributed by atoms with E-state index in [0.29, 0.717) is 12.4 Å². The van der Waals surface area contributed by atoms with Gasteiger partial charge in [-0.15, -0.1) is 0 Å². The van der Waals surface area contributed by atoms with Gasteiger partial charge in [-0.1, -0.05) is 6.07 Å². The fraction of sp³-hybridized carbons (Fsp3) is 0.167. The zero-order valence-electron chi connectivity index (χ0n) is 11.4. The molecule has 23 heavy (non-hydrogen) atoms. The van der Waals surface area contributed by atoms with Crippen LogP contribution in [0.2, 0.25) is 0 Å². The highest BCUT2D eigenvalue weighted by Crippen LogP contribution is 2.30. The van der Waals surface area contributed by atoms with Crippen molar-refractivity contribution in [2.45, 2.75) is 17.5 Å². The second-order valence-corrected chi connectivity index (χ2v) is 6.19. The van der Waals surface area contributed by atoms with Crippen molar-refractivity contribution < 1.29 is 26.4 Å². The number of primary sulfonamides is 1. The third kappa shape index (κ3) is 3.87. The molecule has 0 saturated heterocycles. The predicted octanol–water partition coefficient (Wildman–Crippen LogP) is 0.566. The van der Waals surface area contributed by atoms with Crippen LogP contribution in [-0.2, 0) is 27.4 Å². The first kappa shape index (κ1) is 17.0. The molecule has 0 bridgehead atoms. The molecule has 0 spiro atoms. The Bertz CT molecular complexity index is 859. The van der Waals surface area contributed by atoms with E-state index >= 15 is 0 Å². The minimum absolute atomic E-state index is 0.170. The van der Waals surface area contributed by atoms with E-state index in [1.54, 1.807) is 0 Å². The molecule has 1 aromatic heterocycles. The van der Waals surface area contributed by atoms with E-state index in [1.165, 1.54) is 12.1 Å². The number of hydrogen-bond donors (Lipinski definition) is 2. The third-order valence-corrected chi connectivity index (χ3v) is 3.81. The standard InChI is InChI=1S/C12H11F3N4O3S/c13-12(14,15)8-5-18-19(6-8)9-2-1-7(4-11(16)20)3-10(9)23(17,21)22/h1-3,5-6H,4H2,(H2,16,20)(H2,17,21,22). The van der Waals surface area contributed by atoms with Crippen LogP contribution < -0.4 is 10.9 Å². The first-order chi connectivity index (χ1) is 10.5. The van der Waals surface area contributed by atoms with Gasteiger partial charge in [-0.25, -0.2) is 18.2 Å². The highest BCUT2D eigenvalue weighted by Gasteiger charge is 2.32. The summed E-state index contributed by atoms with van der Waals surface area (Å²) in [6.45, 7) is 0. The van der Waals surface area contributed by atoms with Gasteiger partial charge in [0.25, 0.3) is 0 Å². The molecule has 0 radical (unpaired) electrons. The Balaban J connectivity index is 2.58. The zero-order chi connectivity index (χ0) is 17.4. The van der Waals surface area contributed by atoms with E-state index in [2.05, 4.69) is 5.10 Å². The molecule has 1 aromatic carbocycles. The number of amides is 1. The summed E-state index contributed by atoms with van der Waals surface area (Å²) in [7, 11) is -4.26. The number of carbonyl (C=O) groups is 1. The highest BCUT2D eigenvalue weighted by molar-refractivity contribution is 7.89. The molecule has 7 nitrogen and oxygen atoms in total. The van der Waals surface area contributed by atoms with Crippen molar-refractivity contribution in [3.63, 3.8) is 0 Å². The molecule has 0 saturated carbocycles. The molecule has 0 aliphatic carbocycles. The lowest BCUT2D eigenvalue weighted by atomic mass is 10.1. The summed E-state index contributed by atoms with van der Waals surface area (Å²) in [6, 6.07) is 3.62. The van der Waals surface area contributed by atoms with Gasteiger partial charge < -0.3 is 5.73 Å². The molecule has 0 unspecified atom stereocenters. The molecule has 124 valence electrons. The number of primary amides is 1. The van der Waals surface area contributed by atoms with Gasteiger partial charge in [0.15, 0.2) is 0 Å². The number of aromatic nitrogens is 2. The normalized spacial score (nSPS) is 12.3. The van der Waals surface area contributed by atoms with Gasteiger partial charge in [0, 0.05) is 6.20 Å². The van der Waals surface area contributed by atoms with Crippen molar-refractivity contribution in [2.24, 2.45) is 10.9 Å². The summed E-state index contributed by atoms with van der Waals surface area (Å²) in [5, 5.41) is 8.58. The second-order valence-electron chi connectivity index (χ2n) is 4.66. The van der Waals surface area contributed by atoms with Gasteiger partial charge in [0.1, 0.15) is 4.90 Å². The van der Waals surface area contributed by atoms with Crippen LogP contribution in [0.1, 0.15) is 11.1 Å². The lowest BCUT2D eigenvalue weighted by Gasteiger charge is -2.10. The van der Waals surface area contributed by atoms with E-state index < -0.39 is 32.6 Å². The van der Waals surface area contributed by atoms with Crippen molar-refractivity contribution in [3.8, 4) is 5.69 Å². The summed E-state index contributed by atoms with van der Waals surface area (Å²) in [6.07, 6.45) is -3.66. The molecule has 2 rings (SSSR count). The molecular formula is C12H11F3N4O3S. The molecule has 1 amide bonds. The monoisotopic (exact) mass is 348 g/mol. The molecular weight excluding hydrogens is 337 g/mol. The van der Waals surface area contributed by atoms with Crippen LogP contribution in [0.15, 0.2) is 35.5 Å². The van der Waals surface area contributed by atoms with Crippen molar-refractivity contribution in [1.82, 2.24) is 9.78 Å². The van der Waals surface area contributed by atoms with Crippen LogP contribution in [0.4, 0.5) is 13.2 Å². The fourth-order valence-electron chi connectivity index (χ4n) is 1.89. The first-order valence-electron chi connectivity index (χ1n) is 6.05. The lowest BCUT2D eigenvalue weighted by molar-refractivity contribution is -0.137. The fourth-order valence-corrected chi connectivity index (χ4v) is 2.66. The molecule has 0 aliphatic rings. The van der Waals surface area contributed by atoms with Crippen LogP contribution in [-0.4, -0.2) is 24.1 Å². The summed E-state index contributed by atoms with van der Waals surface area (Å²) in [5.41, 5.74) is 4.07. The van der Waals surface area contributed by atoms with Crippen LogP contribution in [0.5, 0.6) is 0 Å². The van der Waals surface area contributed by atoms with Gasteiger partial charge >= 0.3 is 6.18 Å². The lowest BCUT2D eigenvalue weighted by Crippen LogP contribution is -2.18. The molecule has 4 N–H and O–H groups in total. The zero-order valence-corrected chi connectivity index (χ0v) is 12.2. The summed E-state index contributed by atoms with van der Waals surface area (Å²) < 4.78 is 61.9. The van der Waals surface area contributed by atoms with Gasteiger partial charge in [-0.3, -0.25) is 4.79 Å². The van der Waals surface area contributed by atoms with E-state index in [-0.39, 0.29) is 17.7 Å². The van der Waals surface area contributed by atoms with Crippen LogP contribution in [0.3, 0.4) is 0 Å². The SMILES string of the molecule is NC(=O)Cc1ccc(-n2cc(C(F)(F)F)cn2)c(S(N)(=O)=O)c1. The molecule has 11 heteroatoms. The minimum atomic E-state index is -4.62. The number of hydrogen-bond acceptors (Lipinski definition) is 4. The minimum Gasteiger partial charge on any atom is -0.369 e. The average Bonchev–Trinajstić information content (AvgIpc) is 2.86. The highest BCUT2D eigenvalue weighted by atomic mass is 32.2. The average molecular weight is 348 g/mol. The first-order valence-corrected chi connectivity index (χ1v) is 7.59. The number of halogens is 3. The summed E-state index contributed by atoms with van der Waals surface area (Å²) in [4.78, 5) is 10.4. The number of nitrogens with zero attached hydrogens (tertiary/aromatic N) is 2. The maximum atomic E-state index is 12.6. The number of rotatable bonds is 4. The Morgan fingerprint density at radius 2 is 1.96 bits per heavy atom. The van der Waals surface area contributed by atoms with Gasteiger partial charge in [0.05, 0.1) is 23.9 Å². The molecule has 1 heterocycles. The Kier molecular flexibility index (Phi) is 4.18. The van der Waals surface area contributed by atoms with Crippen LogP contribution >= 0.6 is 0 Å². The predicted molar refractivity (Wildman–Crippen MR) is 72.8 cm³/mol. The van der Waals surface area contributed by atoms with E-state index in [4.69, 9.17) is 10.9 Å². The summed E-state index contributed by atoms with van der Waals surface area (Å²) >= 11 is 0. The Morgan fingerprint density at radius 1 is 1.30 bits per heavy atom.